The molecule has 1 aromatic heterocycles. The second kappa shape index (κ2) is 8.53. The Morgan fingerprint density at radius 2 is 1.97 bits per heavy atom. The zero-order valence-corrected chi connectivity index (χ0v) is 18.1. The van der Waals surface area contributed by atoms with Crippen LogP contribution in [-0.2, 0) is 13.0 Å². The molecule has 0 bridgehead atoms. The number of hydrogen-bond acceptors (Lipinski definition) is 4. The van der Waals surface area contributed by atoms with E-state index in [0.29, 0.717) is 18.0 Å². The van der Waals surface area contributed by atoms with Crippen molar-refractivity contribution in [1.82, 2.24) is 10.5 Å². The molecule has 31 heavy (non-hydrogen) atoms. The van der Waals surface area contributed by atoms with Crippen LogP contribution in [-0.4, -0.2) is 24.2 Å². The Labute approximate surface area is 182 Å². The average molecular weight is 422 g/mol. The van der Waals surface area contributed by atoms with Gasteiger partial charge in [-0.3, -0.25) is 4.79 Å². The van der Waals surface area contributed by atoms with Crippen LogP contribution >= 0.6 is 0 Å². The smallest absolute Gasteiger partial charge is 0.251 e. The minimum Gasteiger partial charge on any atom is -0.367 e. The van der Waals surface area contributed by atoms with E-state index in [1.165, 1.54) is 12.1 Å². The Balaban J connectivity index is 1.32. The topological polar surface area (TPSA) is 58.4 Å². The van der Waals surface area contributed by atoms with Gasteiger partial charge in [0, 0.05) is 30.4 Å². The van der Waals surface area contributed by atoms with Crippen molar-refractivity contribution >= 4 is 11.6 Å². The van der Waals surface area contributed by atoms with E-state index in [1.807, 2.05) is 31.3 Å². The molecule has 1 aliphatic rings. The largest absolute Gasteiger partial charge is 0.367 e. The van der Waals surface area contributed by atoms with Gasteiger partial charge in [-0.25, -0.2) is 4.39 Å². The molecule has 2 atom stereocenters. The molecule has 1 heterocycles. The number of nitrogens with zero attached hydrogens (tertiary/aromatic N) is 2. The summed E-state index contributed by atoms with van der Waals surface area (Å²) in [5, 5.41) is 7.32. The first-order valence-electron chi connectivity index (χ1n) is 10.6. The number of rotatable bonds is 7. The van der Waals surface area contributed by atoms with Gasteiger partial charge in [-0.05, 0) is 54.5 Å². The predicted molar refractivity (Wildman–Crippen MR) is 118 cm³/mol. The molecule has 0 radical (unpaired) electrons. The molecule has 3 aromatic rings. The first-order valence-corrected chi connectivity index (χ1v) is 10.6. The number of hydrogen-bond donors (Lipinski definition) is 1. The molecule has 0 saturated heterocycles. The van der Waals surface area contributed by atoms with E-state index < -0.39 is 5.82 Å². The molecule has 4 rings (SSSR count). The Bertz CT molecular complexity index is 1050. The van der Waals surface area contributed by atoms with Crippen molar-refractivity contribution in [3.05, 3.63) is 83.5 Å². The number of benzene rings is 2. The predicted octanol–water partition coefficient (Wildman–Crippen LogP) is 4.84. The number of para-hydroxylation sites is 1. The molecular formula is C25H28FN3O2. The summed E-state index contributed by atoms with van der Waals surface area (Å²) in [7, 11) is 2.03. The van der Waals surface area contributed by atoms with Crippen molar-refractivity contribution in [2.45, 2.75) is 39.3 Å². The minimum atomic E-state index is -0.404. The fraction of sp³-hybridized carbons (Fsp3) is 0.360. The van der Waals surface area contributed by atoms with Gasteiger partial charge in [-0.2, -0.15) is 0 Å². The standard InChI is InChI=1S/C25H28FN3O2/c1-25(2)18(14-23(25)27-24(30)17-8-7-9-19(26)12-17)13-20-15-22(31-28-20)16-29(3)21-10-5-4-6-11-21/h4-12,15,18,23H,13-14,16H2,1-3H3,(H,27,30)/t18-,23+/m1/s1. The van der Waals surface area contributed by atoms with Gasteiger partial charge in [-0.1, -0.05) is 43.3 Å². The SMILES string of the molecule is CN(Cc1cc(C[C@@H]2C[C@H](NC(=O)c3cccc(F)c3)C2(C)C)no1)c1ccccc1. The third-order valence-corrected chi connectivity index (χ3v) is 6.52. The van der Waals surface area contributed by atoms with E-state index in [-0.39, 0.29) is 17.4 Å². The lowest BCUT2D eigenvalue weighted by Crippen LogP contribution is -2.58. The molecule has 2 aromatic carbocycles. The maximum absolute atomic E-state index is 13.4. The lowest BCUT2D eigenvalue weighted by molar-refractivity contribution is 0.0138. The third-order valence-electron chi connectivity index (χ3n) is 6.52. The summed E-state index contributed by atoms with van der Waals surface area (Å²) in [5.74, 6) is 0.575. The summed E-state index contributed by atoms with van der Waals surface area (Å²) in [4.78, 5) is 14.6. The summed E-state index contributed by atoms with van der Waals surface area (Å²) >= 11 is 0. The van der Waals surface area contributed by atoms with Crippen LogP contribution in [0.15, 0.2) is 65.2 Å². The summed E-state index contributed by atoms with van der Waals surface area (Å²) in [6.45, 7) is 4.96. The Kier molecular flexibility index (Phi) is 5.81. The van der Waals surface area contributed by atoms with Gasteiger partial charge in [0.2, 0.25) is 0 Å². The van der Waals surface area contributed by atoms with E-state index in [4.69, 9.17) is 4.52 Å². The lowest BCUT2D eigenvalue weighted by Gasteiger charge is -2.52. The molecule has 162 valence electrons. The fourth-order valence-electron chi connectivity index (χ4n) is 4.27. The van der Waals surface area contributed by atoms with Crippen LogP contribution in [0.5, 0.6) is 0 Å². The third kappa shape index (κ3) is 4.63. The van der Waals surface area contributed by atoms with Crippen molar-refractivity contribution in [3.8, 4) is 0 Å². The maximum atomic E-state index is 13.4. The van der Waals surface area contributed by atoms with Crippen LogP contribution in [0, 0.1) is 17.2 Å². The number of amides is 1. The fourth-order valence-corrected chi connectivity index (χ4v) is 4.27. The van der Waals surface area contributed by atoms with Gasteiger partial charge < -0.3 is 14.7 Å². The van der Waals surface area contributed by atoms with Crippen molar-refractivity contribution in [3.63, 3.8) is 0 Å². The molecule has 0 aliphatic heterocycles. The average Bonchev–Trinajstić information content (AvgIpc) is 3.20. The van der Waals surface area contributed by atoms with Crippen molar-refractivity contribution in [1.29, 1.82) is 0 Å². The van der Waals surface area contributed by atoms with Gasteiger partial charge in [0.05, 0.1) is 12.2 Å². The Morgan fingerprint density at radius 3 is 2.68 bits per heavy atom. The minimum absolute atomic E-state index is 0.0452. The highest BCUT2D eigenvalue weighted by molar-refractivity contribution is 5.94. The van der Waals surface area contributed by atoms with E-state index in [9.17, 15) is 9.18 Å². The number of aromatic nitrogens is 1. The summed E-state index contributed by atoms with van der Waals surface area (Å²) in [6.07, 6.45) is 1.66. The van der Waals surface area contributed by atoms with E-state index >= 15 is 0 Å². The number of carbonyl (C=O) groups excluding carboxylic acids is 1. The van der Waals surface area contributed by atoms with Gasteiger partial charge in [0.1, 0.15) is 5.82 Å². The van der Waals surface area contributed by atoms with Gasteiger partial charge in [0.15, 0.2) is 5.76 Å². The van der Waals surface area contributed by atoms with Gasteiger partial charge in [0.25, 0.3) is 5.91 Å². The van der Waals surface area contributed by atoms with E-state index in [0.717, 1.165) is 30.0 Å². The van der Waals surface area contributed by atoms with Crippen molar-refractivity contribution < 1.29 is 13.7 Å². The first kappa shape index (κ1) is 21.1. The quantitative estimate of drug-likeness (QED) is 0.593. The van der Waals surface area contributed by atoms with E-state index in [2.05, 4.69) is 41.4 Å². The molecule has 1 N–H and O–H groups in total. The monoisotopic (exact) mass is 421 g/mol. The van der Waals surface area contributed by atoms with E-state index in [1.54, 1.807) is 12.1 Å². The molecule has 0 unspecified atom stereocenters. The van der Waals surface area contributed by atoms with Crippen LogP contribution in [0.1, 0.15) is 42.1 Å². The van der Waals surface area contributed by atoms with Crippen LogP contribution in [0.2, 0.25) is 0 Å². The molecule has 1 saturated carbocycles. The summed E-state index contributed by atoms with van der Waals surface area (Å²) in [5.41, 5.74) is 2.33. The molecule has 0 spiro atoms. The van der Waals surface area contributed by atoms with Crippen LogP contribution < -0.4 is 10.2 Å². The van der Waals surface area contributed by atoms with Crippen molar-refractivity contribution in [2.24, 2.45) is 11.3 Å². The summed E-state index contributed by atoms with van der Waals surface area (Å²) < 4.78 is 19.0. The zero-order chi connectivity index (χ0) is 22.0. The molecule has 6 heteroatoms. The normalized spacial score (nSPS) is 19.5. The zero-order valence-electron chi connectivity index (χ0n) is 18.1. The number of nitrogens with one attached hydrogen (secondary N) is 1. The number of halogens is 1. The molecule has 1 amide bonds. The Hall–Kier alpha value is -3.15. The van der Waals surface area contributed by atoms with Gasteiger partial charge >= 0.3 is 0 Å². The second-order valence-electron chi connectivity index (χ2n) is 8.97. The van der Waals surface area contributed by atoms with Crippen molar-refractivity contribution in [2.75, 3.05) is 11.9 Å². The van der Waals surface area contributed by atoms with Crippen LogP contribution in [0.3, 0.4) is 0 Å². The van der Waals surface area contributed by atoms with Crippen LogP contribution in [0.25, 0.3) is 0 Å². The first-order chi connectivity index (χ1) is 14.8. The highest BCUT2D eigenvalue weighted by atomic mass is 19.1. The molecule has 1 fully saturated rings. The summed E-state index contributed by atoms with van der Waals surface area (Å²) in [6, 6.07) is 18.0. The highest BCUT2D eigenvalue weighted by Gasteiger charge is 2.48. The number of carbonyl (C=O) groups is 1. The number of anilines is 1. The molecule has 5 nitrogen and oxygen atoms in total. The van der Waals surface area contributed by atoms with Gasteiger partial charge in [-0.15, -0.1) is 0 Å². The highest BCUT2D eigenvalue weighted by Crippen LogP contribution is 2.47. The lowest BCUT2D eigenvalue weighted by atomic mass is 9.57. The Morgan fingerprint density at radius 1 is 1.19 bits per heavy atom. The maximum Gasteiger partial charge on any atom is 0.251 e. The molecular weight excluding hydrogens is 393 g/mol. The molecule has 1 aliphatic carbocycles. The second-order valence-corrected chi connectivity index (χ2v) is 8.97. The van der Waals surface area contributed by atoms with Crippen LogP contribution in [0.4, 0.5) is 10.1 Å².